The molecule has 0 bridgehead atoms. The zero-order valence-corrected chi connectivity index (χ0v) is 15.1. The van der Waals surface area contributed by atoms with Gasteiger partial charge in [0.05, 0.1) is 5.52 Å². The van der Waals surface area contributed by atoms with Gasteiger partial charge >= 0.3 is 5.97 Å². The Hall–Kier alpha value is -1.41. The highest BCUT2D eigenvalue weighted by atomic mass is 127. The molecule has 1 unspecified atom stereocenters. The van der Waals surface area contributed by atoms with E-state index in [1.807, 2.05) is 16.7 Å². The molecule has 0 aliphatic carbocycles. The van der Waals surface area contributed by atoms with E-state index < -0.39 is 11.4 Å². The molecular weight excluding hydrogens is 407 g/mol. The lowest BCUT2D eigenvalue weighted by Crippen LogP contribution is -2.39. The fourth-order valence-electron chi connectivity index (χ4n) is 3.27. The molecule has 23 heavy (non-hydrogen) atoms. The monoisotopic (exact) mass is 426 g/mol. The molecular formula is C17H19IN2O3. The van der Waals surface area contributed by atoms with Crippen molar-refractivity contribution in [2.75, 3.05) is 13.6 Å². The van der Waals surface area contributed by atoms with Gasteiger partial charge in [0.25, 0.3) is 0 Å². The molecule has 1 aromatic carbocycles. The Morgan fingerprint density at radius 1 is 1.39 bits per heavy atom. The average Bonchev–Trinajstić information content (AvgIpc) is 2.52. The number of aromatic carboxylic acids is 1. The summed E-state index contributed by atoms with van der Waals surface area (Å²) in [5.41, 5.74) is 0.247. The lowest BCUT2D eigenvalue weighted by atomic mass is 10.0. The average molecular weight is 426 g/mol. The van der Waals surface area contributed by atoms with Crippen LogP contribution in [0.25, 0.3) is 10.9 Å². The van der Waals surface area contributed by atoms with Crippen molar-refractivity contribution in [1.82, 2.24) is 9.47 Å². The summed E-state index contributed by atoms with van der Waals surface area (Å²) in [6, 6.07) is 6.00. The standard InChI is InChI=1S/C17H19IN2O3/c1-19-7-3-2-4-12(19)9-20-10-14(17(22)23)16(21)13-8-11(18)5-6-15(13)20/h5-6,8,10,12H,2-4,7,9H2,1H3,(H,22,23). The molecule has 1 aliphatic heterocycles. The maximum Gasteiger partial charge on any atom is 0.341 e. The molecule has 0 saturated carbocycles. The first-order valence-electron chi connectivity index (χ1n) is 7.73. The van der Waals surface area contributed by atoms with E-state index in [2.05, 4.69) is 34.5 Å². The van der Waals surface area contributed by atoms with Crippen LogP contribution in [-0.4, -0.2) is 40.2 Å². The number of pyridine rings is 1. The number of nitrogens with zero attached hydrogens (tertiary/aromatic N) is 2. The molecule has 2 heterocycles. The van der Waals surface area contributed by atoms with Crippen LogP contribution in [0.3, 0.4) is 0 Å². The number of carbonyl (C=O) groups is 1. The maximum atomic E-state index is 12.4. The summed E-state index contributed by atoms with van der Waals surface area (Å²) in [6.45, 7) is 1.76. The van der Waals surface area contributed by atoms with Crippen molar-refractivity contribution >= 4 is 39.5 Å². The summed E-state index contributed by atoms with van der Waals surface area (Å²) < 4.78 is 2.86. The van der Waals surface area contributed by atoms with Crippen LogP contribution < -0.4 is 5.43 Å². The van der Waals surface area contributed by atoms with Crippen molar-refractivity contribution in [3.05, 3.63) is 43.8 Å². The van der Waals surface area contributed by atoms with E-state index in [0.717, 1.165) is 22.1 Å². The van der Waals surface area contributed by atoms with Crippen LogP contribution in [0.2, 0.25) is 0 Å². The molecule has 1 N–H and O–H groups in total. The van der Waals surface area contributed by atoms with Gasteiger partial charge in [0.2, 0.25) is 5.43 Å². The molecule has 122 valence electrons. The Kier molecular flexibility index (Phi) is 4.72. The first kappa shape index (κ1) is 16.4. The van der Waals surface area contributed by atoms with Gasteiger partial charge in [-0.2, -0.15) is 0 Å². The third-order valence-electron chi connectivity index (χ3n) is 4.60. The van der Waals surface area contributed by atoms with Crippen LogP contribution in [0.5, 0.6) is 0 Å². The third-order valence-corrected chi connectivity index (χ3v) is 5.27. The number of fused-ring (bicyclic) bond motifs is 1. The van der Waals surface area contributed by atoms with Crippen LogP contribution in [0.15, 0.2) is 29.2 Å². The summed E-state index contributed by atoms with van der Waals surface area (Å²) >= 11 is 2.14. The van der Waals surface area contributed by atoms with E-state index in [4.69, 9.17) is 0 Å². The second-order valence-electron chi connectivity index (χ2n) is 6.12. The summed E-state index contributed by atoms with van der Waals surface area (Å²) in [5.74, 6) is -1.17. The molecule has 1 aromatic heterocycles. The van der Waals surface area contributed by atoms with Gasteiger partial charge < -0.3 is 14.6 Å². The van der Waals surface area contributed by atoms with Gasteiger partial charge in [-0.05, 0) is 67.2 Å². The zero-order chi connectivity index (χ0) is 16.6. The highest BCUT2D eigenvalue weighted by molar-refractivity contribution is 14.1. The minimum absolute atomic E-state index is 0.155. The van der Waals surface area contributed by atoms with E-state index >= 15 is 0 Å². The number of carboxylic acid groups (broad SMARTS) is 1. The fourth-order valence-corrected chi connectivity index (χ4v) is 3.77. The smallest absolute Gasteiger partial charge is 0.341 e. The van der Waals surface area contributed by atoms with E-state index in [1.165, 1.54) is 19.0 Å². The molecule has 1 aliphatic rings. The number of likely N-dealkylation sites (tertiary alicyclic amines) is 1. The molecule has 0 amide bonds. The van der Waals surface area contributed by atoms with Gasteiger partial charge in [0.15, 0.2) is 0 Å². The molecule has 0 radical (unpaired) electrons. The van der Waals surface area contributed by atoms with Crippen molar-refractivity contribution in [3.8, 4) is 0 Å². The molecule has 5 nitrogen and oxygen atoms in total. The second-order valence-corrected chi connectivity index (χ2v) is 7.37. The van der Waals surface area contributed by atoms with Crippen LogP contribution in [0.1, 0.15) is 29.6 Å². The predicted octanol–water partition coefficient (Wildman–Crippen LogP) is 2.79. The minimum atomic E-state index is -1.17. The number of likely N-dealkylation sites (N-methyl/N-ethyl adjacent to an activating group) is 1. The highest BCUT2D eigenvalue weighted by Crippen LogP contribution is 2.20. The number of piperidine rings is 1. The summed E-state index contributed by atoms with van der Waals surface area (Å²) in [5, 5.41) is 9.83. The van der Waals surface area contributed by atoms with Crippen molar-refractivity contribution in [2.45, 2.75) is 31.8 Å². The van der Waals surface area contributed by atoms with Crippen molar-refractivity contribution in [1.29, 1.82) is 0 Å². The first-order valence-corrected chi connectivity index (χ1v) is 8.81. The van der Waals surface area contributed by atoms with Crippen LogP contribution in [0.4, 0.5) is 0 Å². The first-order chi connectivity index (χ1) is 11.0. The van der Waals surface area contributed by atoms with Crippen molar-refractivity contribution in [3.63, 3.8) is 0 Å². The molecule has 6 heteroatoms. The quantitative estimate of drug-likeness (QED) is 0.767. The lowest BCUT2D eigenvalue weighted by molar-refractivity contribution is 0.0694. The summed E-state index contributed by atoms with van der Waals surface area (Å²) in [6.07, 6.45) is 4.99. The molecule has 1 fully saturated rings. The van der Waals surface area contributed by atoms with E-state index in [9.17, 15) is 14.7 Å². The number of rotatable bonds is 3. The normalized spacial score (nSPS) is 19.1. The van der Waals surface area contributed by atoms with Gasteiger partial charge in [0, 0.05) is 27.7 Å². The number of carboxylic acids is 1. The Bertz CT molecular complexity index is 815. The fraction of sp³-hybridized carbons (Fsp3) is 0.412. The molecule has 0 spiro atoms. The van der Waals surface area contributed by atoms with Crippen LogP contribution in [-0.2, 0) is 6.54 Å². The Morgan fingerprint density at radius 3 is 2.87 bits per heavy atom. The van der Waals surface area contributed by atoms with Gasteiger partial charge in [-0.1, -0.05) is 6.42 Å². The molecule has 1 atom stereocenters. The number of aromatic nitrogens is 1. The Labute approximate surface area is 148 Å². The van der Waals surface area contributed by atoms with Gasteiger partial charge in [-0.3, -0.25) is 4.79 Å². The van der Waals surface area contributed by atoms with E-state index in [1.54, 1.807) is 6.07 Å². The van der Waals surface area contributed by atoms with Gasteiger partial charge in [-0.25, -0.2) is 4.79 Å². The molecule has 2 aromatic rings. The van der Waals surface area contributed by atoms with Crippen LogP contribution >= 0.6 is 22.6 Å². The Morgan fingerprint density at radius 2 is 2.17 bits per heavy atom. The highest BCUT2D eigenvalue weighted by Gasteiger charge is 2.21. The van der Waals surface area contributed by atoms with Gasteiger partial charge in [0.1, 0.15) is 5.56 Å². The summed E-state index contributed by atoms with van der Waals surface area (Å²) in [7, 11) is 2.11. The SMILES string of the molecule is CN1CCCCC1Cn1cc(C(=O)O)c(=O)c2cc(I)ccc21. The second kappa shape index (κ2) is 6.60. The predicted molar refractivity (Wildman–Crippen MR) is 98.2 cm³/mol. The van der Waals surface area contributed by atoms with Gasteiger partial charge in [-0.15, -0.1) is 0 Å². The van der Waals surface area contributed by atoms with Crippen molar-refractivity contribution in [2.24, 2.45) is 0 Å². The zero-order valence-electron chi connectivity index (χ0n) is 13.0. The Balaban J connectivity index is 2.13. The number of hydrogen-bond acceptors (Lipinski definition) is 3. The minimum Gasteiger partial charge on any atom is -0.477 e. The largest absolute Gasteiger partial charge is 0.477 e. The number of hydrogen-bond donors (Lipinski definition) is 1. The summed E-state index contributed by atoms with van der Waals surface area (Å²) in [4.78, 5) is 26.2. The number of benzene rings is 1. The topological polar surface area (TPSA) is 62.5 Å². The van der Waals surface area contributed by atoms with E-state index in [-0.39, 0.29) is 5.56 Å². The number of halogens is 1. The molecule has 1 saturated heterocycles. The molecule has 3 rings (SSSR count). The van der Waals surface area contributed by atoms with E-state index in [0.29, 0.717) is 18.0 Å². The lowest BCUT2D eigenvalue weighted by Gasteiger charge is -2.33. The third kappa shape index (κ3) is 3.28. The maximum absolute atomic E-state index is 12.4. The van der Waals surface area contributed by atoms with Crippen molar-refractivity contribution < 1.29 is 9.90 Å². The van der Waals surface area contributed by atoms with Crippen LogP contribution in [0, 0.1) is 3.57 Å².